The average Bonchev–Trinajstić information content (AvgIpc) is 2.44. The van der Waals surface area contributed by atoms with Crippen LogP contribution in [0.5, 0.6) is 5.75 Å². The molecule has 2 atom stereocenters. The van der Waals surface area contributed by atoms with Gasteiger partial charge in [-0.05, 0) is 44.0 Å². The second-order valence-corrected chi connectivity index (χ2v) is 6.17. The van der Waals surface area contributed by atoms with Crippen LogP contribution in [0.25, 0.3) is 0 Å². The molecule has 2 unspecified atom stereocenters. The van der Waals surface area contributed by atoms with E-state index < -0.39 is 0 Å². The second-order valence-electron chi connectivity index (χ2n) is 5.25. The standard InChI is InChI=1S/C15H23BrN2O/c1-2-14(13-9-11(16)6-7-15(13)19)18-8-4-3-5-12(18)10-17/h6-7,9,12,14,19H,2-5,8,10,17H2,1H3. The Labute approximate surface area is 123 Å². The van der Waals surface area contributed by atoms with Crippen LogP contribution in [-0.2, 0) is 0 Å². The van der Waals surface area contributed by atoms with Crippen LogP contribution in [0.1, 0.15) is 44.2 Å². The van der Waals surface area contributed by atoms with E-state index in [1.54, 1.807) is 6.07 Å². The molecule has 19 heavy (non-hydrogen) atoms. The number of phenolic OH excluding ortho intramolecular Hbond substituents is 1. The molecule has 3 N–H and O–H groups in total. The number of likely N-dealkylation sites (tertiary alicyclic amines) is 1. The van der Waals surface area contributed by atoms with Crippen molar-refractivity contribution in [3.63, 3.8) is 0 Å². The van der Waals surface area contributed by atoms with E-state index in [-0.39, 0.29) is 6.04 Å². The van der Waals surface area contributed by atoms with Crippen LogP contribution in [0, 0.1) is 0 Å². The largest absolute Gasteiger partial charge is 0.508 e. The fraction of sp³-hybridized carbons (Fsp3) is 0.600. The second kappa shape index (κ2) is 6.73. The normalized spacial score (nSPS) is 22.4. The predicted molar refractivity (Wildman–Crippen MR) is 82.2 cm³/mol. The van der Waals surface area contributed by atoms with Gasteiger partial charge in [0.15, 0.2) is 0 Å². The van der Waals surface area contributed by atoms with E-state index in [0.29, 0.717) is 18.3 Å². The van der Waals surface area contributed by atoms with Gasteiger partial charge in [0, 0.05) is 28.7 Å². The summed E-state index contributed by atoms with van der Waals surface area (Å²) in [5.41, 5.74) is 6.93. The molecular formula is C15H23BrN2O. The molecule has 0 bridgehead atoms. The van der Waals surface area contributed by atoms with Crippen LogP contribution in [0.3, 0.4) is 0 Å². The Morgan fingerprint density at radius 2 is 2.26 bits per heavy atom. The van der Waals surface area contributed by atoms with Crippen LogP contribution in [0.15, 0.2) is 22.7 Å². The maximum atomic E-state index is 10.1. The molecular weight excluding hydrogens is 304 g/mol. The summed E-state index contributed by atoms with van der Waals surface area (Å²) in [5, 5.41) is 10.1. The molecule has 1 aliphatic heterocycles. The van der Waals surface area contributed by atoms with Gasteiger partial charge in [0.1, 0.15) is 5.75 Å². The molecule has 0 aromatic heterocycles. The van der Waals surface area contributed by atoms with Gasteiger partial charge in [-0.1, -0.05) is 29.3 Å². The van der Waals surface area contributed by atoms with Crippen molar-refractivity contribution in [2.75, 3.05) is 13.1 Å². The molecule has 1 saturated heterocycles. The van der Waals surface area contributed by atoms with Gasteiger partial charge < -0.3 is 10.8 Å². The highest BCUT2D eigenvalue weighted by atomic mass is 79.9. The zero-order valence-corrected chi connectivity index (χ0v) is 13.1. The number of piperidine rings is 1. The summed E-state index contributed by atoms with van der Waals surface area (Å²) in [6, 6.07) is 6.38. The number of rotatable bonds is 4. The van der Waals surface area contributed by atoms with E-state index in [0.717, 1.165) is 23.0 Å². The van der Waals surface area contributed by atoms with E-state index in [1.807, 2.05) is 12.1 Å². The molecule has 1 heterocycles. The monoisotopic (exact) mass is 326 g/mol. The van der Waals surface area contributed by atoms with Crippen molar-refractivity contribution in [1.82, 2.24) is 4.90 Å². The predicted octanol–water partition coefficient (Wildman–Crippen LogP) is 3.42. The van der Waals surface area contributed by atoms with E-state index in [2.05, 4.69) is 27.8 Å². The Kier molecular flexibility index (Phi) is 5.25. The maximum Gasteiger partial charge on any atom is 0.120 e. The number of hydrogen-bond acceptors (Lipinski definition) is 3. The minimum absolute atomic E-state index is 0.256. The van der Waals surface area contributed by atoms with Crippen LogP contribution >= 0.6 is 15.9 Å². The molecule has 1 aromatic carbocycles. The highest BCUT2D eigenvalue weighted by molar-refractivity contribution is 9.10. The van der Waals surface area contributed by atoms with E-state index in [4.69, 9.17) is 5.73 Å². The first kappa shape index (κ1) is 14.8. The van der Waals surface area contributed by atoms with Crippen LogP contribution < -0.4 is 5.73 Å². The first-order valence-corrected chi connectivity index (χ1v) is 7.91. The van der Waals surface area contributed by atoms with Crippen molar-refractivity contribution in [2.24, 2.45) is 5.73 Å². The molecule has 3 nitrogen and oxygen atoms in total. The highest BCUT2D eigenvalue weighted by Gasteiger charge is 2.29. The molecule has 1 aromatic rings. The quantitative estimate of drug-likeness (QED) is 0.891. The lowest BCUT2D eigenvalue weighted by Gasteiger charge is -2.41. The Hall–Kier alpha value is -0.580. The van der Waals surface area contributed by atoms with E-state index in [9.17, 15) is 5.11 Å². The van der Waals surface area contributed by atoms with Crippen molar-refractivity contribution in [1.29, 1.82) is 0 Å². The number of nitrogens with zero attached hydrogens (tertiary/aromatic N) is 1. The third-order valence-corrected chi connectivity index (χ3v) is 4.57. The number of nitrogens with two attached hydrogens (primary N) is 1. The Bertz CT molecular complexity index is 425. The molecule has 4 heteroatoms. The molecule has 0 amide bonds. The minimum atomic E-state index is 0.256. The third kappa shape index (κ3) is 3.30. The minimum Gasteiger partial charge on any atom is -0.508 e. The van der Waals surface area contributed by atoms with Crippen molar-refractivity contribution in [3.8, 4) is 5.75 Å². The number of aromatic hydroxyl groups is 1. The topological polar surface area (TPSA) is 49.5 Å². The molecule has 0 radical (unpaired) electrons. The fourth-order valence-corrected chi connectivity index (χ4v) is 3.49. The lowest BCUT2D eigenvalue weighted by molar-refractivity contribution is 0.0945. The Morgan fingerprint density at radius 1 is 1.47 bits per heavy atom. The SMILES string of the molecule is CCC(c1cc(Br)ccc1O)N1CCCCC1CN. The van der Waals surface area contributed by atoms with Crippen molar-refractivity contribution in [2.45, 2.75) is 44.7 Å². The summed E-state index contributed by atoms with van der Waals surface area (Å²) < 4.78 is 1.01. The zero-order chi connectivity index (χ0) is 13.8. The van der Waals surface area contributed by atoms with Crippen LogP contribution in [0.4, 0.5) is 0 Å². The van der Waals surface area contributed by atoms with Crippen LogP contribution in [-0.4, -0.2) is 29.1 Å². The van der Waals surface area contributed by atoms with Crippen molar-refractivity contribution in [3.05, 3.63) is 28.2 Å². The van der Waals surface area contributed by atoms with Gasteiger partial charge in [0.05, 0.1) is 0 Å². The fourth-order valence-electron chi connectivity index (χ4n) is 3.11. The van der Waals surface area contributed by atoms with Gasteiger partial charge in [0.2, 0.25) is 0 Å². The summed E-state index contributed by atoms with van der Waals surface area (Å²) in [6.07, 6.45) is 4.64. The summed E-state index contributed by atoms with van der Waals surface area (Å²) in [6.45, 7) is 3.95. The van der Waals surface area contributed by atoms with E-state index in [1.165, 1.54) is 19.3 Å². The first-order chi connectivity index (χ1) is 9.17. The maximum absolute atomic E-state index is 10.1. The zero-order valence-electron chi connectivity index (χ0n) is 11.5. The number of benzene rings is 1. The molecule has 106 valence electrons. The smallest absolute Gasteiger partial charge is 0.120 e. The van der Waals surface area contributed by atoms with Gasteiger partial charge in [0.25, 0.3) is 0 Å². The lowest BCUT2D eigenvalue weighted by Crippen LogP contribution is -2.45. The average molecular weight is 327 g/mol. The molecule has 0 saturated carbocycles. The molecule has 2 rings (SSSR count). The number of halogens is 1. The van der Waals surface area contributed by atoms with Crippen molar-refractivity contribution >= 4 is 15.9 Å². The number of phenols is 1. The molecule has 1 fully saturated rings. The Morgan fingerprint density at radius 3 is 2.95 bits per heavy atom. The van der Waals surface area contributed by atoms with Gasteiger partial charge >= 0.3 is 0 Å². The van der Waals surface area contributed by atoms with Crippen LogP contribution in [0.2, 0.25) is 0 Å². The summed E-state index contributed by atoms with van der Waals surface area (Å²) in [4.78, 5) is 2.48. The molecule has 0 spiro atoms. The van der Waals surface area contributed by atoms with Gasteiger partial charge in [-0.2, -0.15) is 0 Å². The summed E-state index contributed by atoms with van der Waals surface area (Å²) in [5.74, 6) is 0.386. The highest BCUT2D eigenvalue weighted by Crippen LogP contribution is 2.36. The van der Waals surface area contributed by atoms with Crippen molar-refractivity contribution < 1.29 is 5.11 Å². The summed E-state index contributed by atoms with van der Waals surface area (Å²) >= 11 is 3.50. The molecule has 0 aliphatic carbocycles. The number of hydrogen-bond donors (Lipinski definition) is 2. The summed E-state index contributed by atoms with van der Waals surface area (Å²) in [7, 11) is 0. The first-order valence-electron chi connectivity index (χ1n) is 7.11. The lowest BCUT2D eigenvalue weighted by atomic mass is 9.94. The Balaban J connectivity index is 2.29. The van der Waals surface area contributed by atoms with Gasteiger partial charge in [-0.3, -0.25) is 4.90 Å². The van der Waals surface area contributed by atoms with Gasteiger partial charge in [-0.15, -0.1) is 0 Å². The van der Waals surface area contributed by atoms with E-state index >= 15 is 0 Å². The molecule has 1 aliphatic rings. The van der Waals surface area contributed by atoms with Gasteiger partial charge in [-0.25, -0.2) is 0 Å². The third-order valence-electron chi connectivity index (χ3n) is 4.08.